The molecule has 0 aromatic heterocycles. The van der Waals surface area contributed by atoms with E-state index in [1.54, 1.807) is 36.4 Å². The number of halogens is 2. The highest BCUT2D eigenvalue weighted by atomic mass is 35.5. The van der Waals surface area contributed by atoms with Crippen LogP contribution in [0.4, 0.5) is 0 Å². The van der Waals surface area contributed by atoms with Gasteiger partial charge in [-0.15, -0.1) is 0 Å². The molecule has 1 fully saturated rings. The number of ether oxygens (including phenoxy) is 2. The first-order chi connectivity index (χ1) is 15.0. The second kappa shape index (κ2) is 11.6. The first-order valence-corrected chi connectivity index (χ1v) is 10.7. The molecule has 0 saturated carbocycles. The Morgan fingerprint density at radius 3 is 2.45 bits per heavy atom. The van der Waals surface area contributed by atoms with Crippen molar-refractivity contribution < 1.29 is 19.1 Å². The van der Waals surface area contributed by atoms with E-state index in [9.17, 15) is 9.59 Å². The van der Waals surface area contributed by atoms with Gasteiger partial charge >= 0.3 is 0 Å². The Bertz CT molecular complexity index is 929. The SMILES string of the molecule is O=C(COc1ccc(Cl)cc1Cl)N/N=C\c1ccc(OCC(=O)N2CCCCC2)cc1. The second-order valence-corrected chi connectivity index (χ2v) is 7.80. The minimum atomic E-state index is -0.432. The van der Waals surface area contributed by atoms with E-state index < -0.39 is 5.91 Å². The zero-order valence-electron chi connectivity index (χ0n) is 16.9. The summed E-state index contributed by atoms with van der Waals surface area (Å²) in [4.78, 5) is 25.8. The summed E-state index contributed by atoms with van der Waals surface area (Å²) in [5.41, 5.74) is 3.14. The number of carbonyl (C=O) groups is 2. The molecular weight excluding hydrogens is 441 g/mol. The van der Waals surface area contributed by atoms with E-state index in [2.05, 4.69) is 10.5 Å². The Balaban J connectivity index is 1.39. The topological polar surface area (TPSA) is 80.2 Å². The predicted octanol–water partition coefficient (Wildman–Crippen LogP) is 3.91. The lowest BCUT2D eigenvalue weighted by atomic mass is 10.1. The predicted molar refractivity (Wildman–Crippen MR) is 120 cm³/mol. The van der Waals surface area contributed by atoms with Crippen LogP contribution in [0.1, 0.15) is 24.8 Å². The van der Waals surface area contributed by atoms with E-state index in [1.165, 1.54) is 18.7 Å². The molecule has 0 spiro atoms. The maximum absolute atomic E-state index is 12.1. The molecular formula is C22H23Cl2N3O4. The van der Waals surface area contributed by atoms with Crippen LogP contribution >= 0.6 is 23.2 Å². The number of hydrazone groups is 1. The van der Waals surface area contributed by atoms with Gasteiger partial charge in [0.05, 0.1) is 11.2 Å². The maximum atomic E-state index is 12.1. The minimum absolute atomic E-state index is 0.00941. The summed E-state index contributed by atoms with van der Waals surface area (Å²) in [5.74, 6) is 0.535. The third kappa shape index (κ3) is 7.45. The molecule has 164 valence electrons. The average molecular weight is 464 g/mol. The summed E-state index contributed by atoms with van der Waals surface area (Å²) in [6.45, 7) is 1.40. The lowest BCUT2D eigenvalue weighted by Crippen LogP contribution is -2.38. The van der Waals surface area contributed by atoms with Gasteiger partial charge in [-0.05, 0) is 67.3 Å². The zero-order valence-corrected chi connectivity index (χ0v) is 18.4. The van der Waals surface area contributed by atoms with Crippen molar-refractivity contribution in [2.45, 2.75) is 19.3 Å². The van der Waals surface area contributed by atoms with Crippen LogP contribution in [-0.2, 0) is 9.59 Å². The Morgan fingerprint density at radius 1 is 1.00 bits per heavy atom. The molecule has 2 aromatic carbocycles. The van der Waals surface area contributed by atoms with Crippen molar-refractivity contribution in [3.8, 4) is 11.5 Å². The molecule has 0 atom stereocenters. The number of hydrogen-bond acceptors (Lipinski definition) is 5. The van der Waals surface area contributed by atoms with Crippen LogP contribution in [0.15, 0.2) is 47.6 Å². The van der Waals surface area contributed by atoms with Crippen LogP contribution in [-0.4, -0.2) is 49.2 Å². The first-order valence-electron chi connectivity index (χ1n) is 9.91. The standard InChI is InChI=1S/C22H23Cl2N3O4/c23-17-6-9-20(19(24)12-17)31-14-21(28)26-25-13-16-4-7-18(8-5-16)30-15-22(29)27-10-2-1-3-11-27/h4-9,12-13H,1-3,10-11,14-15H2,(H,26,28)/b25-13-. The summed E-state index contributed by atoms with van der Waals surface area (Å²) in [6.07, 6.45) is 4.78. The number of benzene rings is 2. The van der Waals surface area contributed by atoms with Gasteiger partial charge < -0.3 is 14.4 Å². The lowest BCUT2D eigenvalue weighted by molar-refractivity contribution is -0.134. The largest absolute Gasteiger partial charge is 0.484 e. The van der Waals surface area contributed by atoms with Gasteiger partial charge in [-0.1, -0.05) is 23.2 Å². The highest BCUT2D eigenvalue weighted by Crippen LogP contribution is 2.27. The van der Waals surface area contributed by atoms with Crippen molar-refractivity contribution >= 4 is 41.2 Å². The summed E-state index contributed by atoms with van der Waals surface area (Å²) in [6, 6.07) is 11.8. The molecule has 7 nitrogen and oxygen atoms in total. The quantitative estimate of drug-likeness (QED) is 0.475. The first kappa shape index (κ1) is 22.9. The van der Waals surface area contributed by atoms with Gasteiger partial charge in [-0.2, -0.15) is 5.10 Å². The number of nitrogens with zero attached hydrogens (tertiary/aromatic N) is 2. The van der Waals surface area contributed by atoms with Crippen LogP contribution in [0.3, 0.4) is 0 Å². The molecule has 1 heterocycles. The molecule has 1 N–H and O–H groups in total. The zero-order chi connectivity index (χ0) is 22.1. The van der Waals surface area contributed by atoms with Gasteiger partial charge in [0.15, 0.2) is 13.2 Å². The van der Waals surface area contributed by atoms with Gasteiger partial charge in [0.1, 0.15) is 11.5 Å². The van der Waals surface area contributed by atoms with Crippen molar-refractivity contribution in [2.24, 2.45) is 5.10 Å². The second-order valence-electron chi connectivity index (χ2n) is 6.96. The van der Waals surface area contributed by atoms with Gasteiger partial charge in [-0.3, -0.25) is 9.59 Å². The number of hydrogen-bond donors (Lipinski definition) is 1. The normalized spacial score (nSPS) is 13.8. The van der Waals surface area contributed by atoms with Crippen LogP contribution in [0.5, 0.6) is 11.5 Å². The summed E-state index contributed by atoms with van der Waals surface area (Å²) in [7, 11) is 0. The van der Waals surface area contributed by atoms with Gasteiger partial charge in [0, 0.05) is 18.1 Å². The van der Waals surface area contributed by atoms with E-state index in [0.717, 1.165) is 31.5 Å². The summed E-state index contributed by atoms with van der Waals surface area (Å²) in [5, 5.41) is 4.70. The molecule has 0 bridgehead atoms. The van der Waals surface area contributed by atoms with Crippen molar-refractivity contribution in [3.63, 3.8) is 0 Å². The van der Waals surface area contributed by atoms with E-state index in [0.29, 0.717) is 21.5 Å². The van der Waals surface area contributed by atoms with E-state index in [-0.39, 0.29) is 19.1 Å². The number of carbonyl (C=O) groups excluding carboxylic acids is 2. The monoisotopic (exact) mass is 463 g/mol. The number of amides is 2. The molecule has 0 aliphatic carbocycles. The fraction of sp³-hybridized carbons (Fsp3) is 0.318. The maximum Gasteiger partial charge on any atom is 0.277 e. The van der Waals surface area contributed by atoms with Gasteiger partial charge in [0.2, 0.25) is 0 Å². The van der Waals surface area contributed by atoms with Crippen LogP contribution in [0.2, 0.25) is 10.0 Å². The minimum Gasteiger partial charge on any atom is -0.484 e. The Hall–Kier alpha value is -2.77. The van der Waals surface area contributed by atoms with Crippen molar-refractivity contribution in [1.29, 1.82) is 0 Å². The number of piperidine rings is 1. The molecule has 0 radical (unpaired) electrons. The van der Waals surface area contributed by atoms with E-state index in [4.69, 9.17) is 32.7 Å². The highest BCUT2D eigenvalue weighted by molar-refractivity contribution is 6.35. The van der Waals surface area contributed by atoms with Gasteiger partial charge in [0.25, 0.3) is 11.8 Å². The third-order valence-corrected chi connectivity index (χ3v) is 5.14. The highest BCUT2D eigenvalue weighted by Gasteiger charge is 2.16. The fourth-order valence-corrected chi connectivity index (χ4v) is 3.44. The molecule has 0 unspecified atom stereocenters. The number of rotatable bonds is 8. The number of nitrogens with one attached hydrogen (secondary N) is 1. The molecule has 3 rings (SSSR count). The van der Waals surface area contributed by atoms with E-state index in [1.807, 2.05) is 4.90 Å². The molecule has 31 heavy (non-hydrogen) atoms. The molecule has 9 heteroatoms. The molecule has 1 aliphatic rings. The average Bonchev–Trinajstić information content (AvgIpc) is 2.78. The fourth-order valence-electron chi connectivity index (χ4n) is 2.98. The molecule has 2 aromatic rings. The van der Waals surface area contributed by atoms with Crippen LogP contribution in [0, 0.1) is 0 Å². The van der Waals surface area contributed by atoms with Crippen LogP contribution in [0.25, 0.3) is 0 Å². The van der Waals surface area contributed by atoms with Crippen molar-refractivity contribution in [2.75, 3.05) is 26.3 Å². The summed E-state index contributed by atoms with van der Waals surface area (Å²) < 4.78 is 10.9. The van der Waals surface area contributed by atoms with Gasteiger partial charge in [-0.25, -0.2) is 5.43 Å². The van der Waals surface area contributed by atoms with Crippen LogP contribution < -0.4 is 14.9 Å². The molecule has 2 amide bonds. The Morgan fingerprint density at radius 2 is 1.74 bits per heavy atom. The smallest absolute Gasteiger partial charge is 0.277 e. The van der Waals surface area contributed by atoms with Crippen molar-refractivity contribution in [3.05, 3.63) is 58.1 Å². The van der Waals surface area contributed by atoms with E-state index >= 15 is 0 Å². The molecule has 1 saturated heterocycles. The number of likely N-dealkylation sites (tertiary alicyclic amines) is 1. The summed E-state index contributed by atoms with van der Waals surface area (Å²) >= 11 is 11.8. The van der Waals surface area contributed by atoms with Crippen molar-refractivity contribution in [1.82, 2.24) is 10.3 Å². The lowest BCUT2D eigenvalue weighted by Gasteiger charge is -2.26. The third-order valence-electron chi connectivity index (χ3n) is 4.61. The Kier molecular flexibility index (Phi) is 8.55. The molecule has 1 aliphatic heterocycles. The Labute approximate surface area is 190 Å².